The summed E-state index contributed by atoms with van der Waals surface area (Å²) < 4.78 is 27.4. The highest BCUT2D eigenvalue weighted by molar-refractivity contribution is 5.77. The lowest BCUT2D eigenvalue weighted by Crippen LogP contribution is -2.58. The summed E-state index contributed by atoms with van der Waals surface area (Å²) >= 11 is 0. The van der Waals surface area contributed by atoms with Crippen molar-refractivity contribution in [3.8, 4) is 5.75 Å². The van der Waals surface area contributed by atoms with Crippen LogP contribution in [0.5, 0.6) is 5.75 Å². The number of benzene rings is 1. The number of rotatable bonds is 7. The van der Waals surface area contributed by atoms with Crippen LogP contribution in [0, 0.1) is 12.7 Å². The summed E-state index contributed by atoms with van der Waals surface area (Å²) in [6, 6.07) is 5.95. The molecule has 2 aliphatic rings. The molecule has 3 heterocycles. The zero-order valence-electron chi connectivity index (χ0n) is 19.8. The molecule has 0 N–H and O–H groups in total. The number of halogens is 1. The number of carbonyl (C=O) groups excluding carboxylic acids is 1. The summed E-state index contributed by atoms with van der Waals surface area (Å²) in [6.07, 6.45) is 2.29. The smallest absolute Gasteiger partial charge is 0.225 e. The first-order valence-corrected chi connectivity index (χ1v) is 11.5. The third-order valence-corrected chi connectivity index (χ3v) is 6.48. The molecular formula is C24H34FN5O3. The van der Waals surface area contributed by atoms with Gasteiger partial charge in [-0.15, -0.1) is 0 Å². The first-order chi connectivity index (χ1) is 15.8. The van der Waals surface area contributed by atoms with E-state index in [1.807, 2.05) is 29.7 Å². The van der Waals surface area contributed by atoms with Crippen LogP contribution in [0.3, 0.4) is 0 Å². The van der Waals surface area contributed by atoms with Gasteiger partial charge in [-0.3, -0.25) is 14.4 Å². The Kier molecular flexibility index (Phi) is 7.31. The van der Waals surface area contributed by atoms with Crippen molar-refractivity contribution in [3.05, 3.63) is 47.5 Å². The second-order valence-corrected chi connectivity index (χ2v) is 9.26. The molecule has 1 aromatic carbocycles. The van der Waals surface area contributed by atoms with E-state index in [-0.39, 0.29) is 24.8 Å². The lowest BCUT2D eigenvalue weighted by Gasteiger charge is -2.43. The van der Waals surface area contributed by atoms with Crippen LogP contribution in [0.25, 0.3) is 0 Å². The van der Waals surface area contributed by atoms with Crippen molar-refractivity contribution in [2.24, 2.45) is 7.05 Å². The van der Waals surface area contributed by atoms with E-state index in [1.165, 1.54) is 12.1 Å². The highest BCUT2D eigenvalue weighted by atomic mass is 19.1. The van der Waals surface area contributed by atoms with Gasteiger partial charge < -0.3 is 19.3 Å². The number of carbonyl (C=O) groups is 1. The molecule has 0 radical (unpaired) electrons. The van der Waals surface area contributed by atoms with Gasteiger partial charge in [0, 0.05) is 64.6 Å². The fraction of sp³-hybridized carbons (Fsp3) is 0.583. The van der Waals surface area contributed by atoms with Crippen LogP contribution in [0.1, 0.15) is 17.7 Å². The van der Waals surface area contributed by atoms with Crippen molar-refractivity contribution in [1.29, 1.82) is 0 Å². The van der Waals surface area contributed by atoms with E-state index < -0.39 is 5.60 Å². The Balaban J connectivity index is 1.48. The van der Waals surface area contributed by atoms with E-state index in [0.29, 0.717) is 18.9 Å². The molecular weight excluding hydrogens is 425 g/mol. The van der Waals surface area contributed by atoms with Gasteiger partial charge in [-0.05, 0) is 38.2 Å². The second kappa shape index (κ2) is 10.2. The Morgan fingerprint density at radius 2 is 1.88 bits per heavy atom. The van der Waals surface area contributed by atoms with Crippen LogP contribution in [0.15, 0.2) is 30.5 Å². The van der Waals surface area contributed by atoms with Crippen LogP contribution in [-0.2, 0) is 23.1 Å². The zero-order chi connectivity index (χ0) is 23.4. The monoisotopic (exact) mass is 459 g/mol. The topological polar surface area (TPSA) is 63.1 Å². The number of amides is 1. The molecule has 2 aromatic rings. The lowest BCUT2D eigenvalue weighted by atomic mass is 9.96. The molecule has 2 saturated heterocycles. The van der Waals surface area contributed by atoms with Gasteiger partial charge in [-0.1, -0.05) is 0 Å². The number of aryl methyl sites for hydroxylation is 2. The molecule has 2 fully saturated rings. The Labute approximate surface area is 194 Å². The minimum Gasteiger partial charge on any atom is -0.491 e. The molecule has 0 bridgehead atoms. The van der Waals surface area contributed by atoms with E-state index in [1.54, 1.807) is 12.1 Å². The average molecular weight is 460 g/mol. The maximum absolute atomic E-state index is 13.3. The van der Waals surface area contributed by atoms with Gasteiger partial charge in [0.15, 0.2) is 0 Å². The number of hydrogen-bond donors (Lipinski definition) is 0. The van der Waals surface area contributed by atoms with Crippen LogP contribution in [0.2, 0.25) is 0 Å². The Hall–Kier alpha value is -2.49. The van der Waals surface area contributed by atoms with Gasteiger partial charge in [0.1, 0.15) is 23.8 Å². The summed E-state index contributed by atoms with van der Waals surface area (Å²) in [5, 5.41) is 4.45. The first kappa shape index (κ1) is 23.7. The Bertz CT molecular complexity index is 942. The Morgan fingerprint density at radius 3 is 2.55 bits per heavy atom. The molecule has 9 heteroatoms. The standard InChI is InChI=1S/C24H34FN5O3/c1-19-20(15-28(3)26-19)16-29-12-13-33-24(17-29,18-32-22-6-4-21(25)5-7-22)14-23(31)30-10-8-27(2)9-11-30/h4-7,15H,8-14,16-18H2,1-3H3. The fourth-order valence-corrected chi connectivity index (χ4v) is 4.54. The molecule has 0 aliphatic carbocycles. The molecule has 1 atom stereocenters. The van der Waals surface area contributed by atoms with Crippen molar-refractivity contribution in [2.45, 2.75) is 25.5 Å². The summed E-state index contributed by atoms with van der Waals surface area (Å²) in [5.41, 5.74) is 1.40. The van der Waals surface area contributed by atoms with E-state index in [0.717, 1.165) is 50.5 Å². The maximum Gasteiger partial charge on any atom is 0.225 e. The van der Waals surface area contributed by atoms with Gasteiger partial charge in [-0.25, -0.2) is 4.39 Å². The van der Waals surface area contributed by atoms with Gasteiger partial charge in [-0.2, -0.15) is 5.10 Å². The highest BCUT2D eigenvalue weighted by Gasteiger charge is 2.41. The largest absolute Gasteiger partial charge is 0.491 e. The summed E-state index contributed by atoms with van der Waals surface area (Å²) in [5.74, 6) is 0.339. The maximum atomic E-state index is 13.3. The first-order valence-electron chi connectivity index (χ1n) is 11.5. The SMILES string of the molecule is Cc1nn(C)cc1CN1CCOC(COc2ccc(F)cc2)(CC(=O)N2CCN(C)CC2)C1. The third-order valence-electron chi connectivity index (χ3n) is 6.48. The van der Waals surface area contributed by atoms with Gasteiger partial charge in [0.25, 0.3) is 0 Å². The quantitative estimate of drug-likeness (QED) is 0.628. The van der Waals surface area contributed by atoms with Crippen molar-refractivity contribution >= 4 is 5.91 Å². The predicted molar refractivity (Wildman–Crippen MR) is 122 cm³/mol. The highest BCUT2D eigenvalue weighted by Crippen LogP contribution is 2.27. The van der Waals surface area contributed by atoms with Gasteiger partial charge in [0.2, 0.25) is 5.91 Å². The third kappa shape index (κ3) is 6.10. The van der Waals surface area contributed by atoms with Crippen molar-refractivity contribution < 1.29 is 18.7 Å². The minimum absolute atomic E-state index is 0.0882. The van der Waals surface area contributed by atoms with E-state index in [9.17, 15) is 9.18 Å². The van der Waals surface area contributed by atoms with Gasteiger partial charge in [0.05, 0.1) is 18.7 Å². The van der Waals surface area contributed by atoms with E-state index in [4.69, 9.17) is 9.47 Å². The van der Waals surface area contributed by atoms with Crippen LogP contribution >= 0.6 is 0 Å². The fourth-order valence-electron chi connectivity index (χ4n) is 4.54. The molecule has 1 unspecified atom stereocenters. The van der Waals surface area contributed by atoms with E-state index >= 15 is 0 Å². The summed E-state index contributed by atoms with van der Waals surface area (Å²) in [6.45, 7) is 8.03. The molecule has 1 aromatic heterocycles. The van der Waals surface area contributed by atoms with Crippen molar-refractivity contribution in [1.82, 2.24) is 24.5 Å². The predicted octanol–water partition coefficient (Wildman–Crippen LogP) is 1.68. The van der Waals surface area contributed by atoms with Crippen LogP contribution < -0.4 is 4.74 Å². The molecule has 1 amide bonds. The minimum atomic E-state index is -0.775. The number of piperazine rings is 1. The number of ether oxygens (including phenoxy) is 2. The second-order valence-electron chi connectivity index (χ2n) is 9.26. The number of likely N-dealkylation sites (N-methyl/N-ethyl adjacent to an activating group) is 1. The average Bonchev–Trinajstić information content (AvgIpc) is 3.10. The summed E-state index contributed by atoms with van der Waals surface area (Å²) in [7, 11) is 3.99. The van der Waals surface area contributed by atoms with Crippen molar-refractivity contribution in [2.75, 3.05) is 59.5 Å². The summed E-state index contributed by atoms with van der Waals surface area (Å²) in [4.78, 5) is 19.7. The molecule has 4 rings (SSSR count). The molecule has 33 heavy (non-hydrogen) atoms. The molecule has 8 nitrogen and oxygen atoms in total. The van der Waals surface area contributed by atoms with Crippen LogP contribution in [-0.4, -0.2) is 95.5 Å². The number of nitrogens with zero attached hydrogens (tertiary/aromatic N) is 5. The molecule has 0 saturated carbocycles. The molecule has 180 valence electrons. The van der Waals surface area contributed by atoms with Crippen LogP contribution in [0.4, 0.5) is 4.39 Å². The van der Waals surface area contributed by atoms with Gasteiger partial charge >= 0.3 is 0 Å². The normalized spacial score (nSPS) is 22.5. The van der Waals surface area contributed by atoms with E-state index in [2.05, 4.69) is 21.9 Å². The Morgan fingerprint density at radius 1 is 1.15 bits per heavy atom. The molecule has 0 spiro atoms. The number of morpholine rings is 1. The number of aromatic nitrogens is 2. The zero-order valence-corrected chi connectivity index (χ0v) is 19.8. The lowest BCUT2D eigenvalue weighted by molar-refractivity contribution is -0.157. The number of hydrogen-bond acceptors (Lipinski definition) is 6. The van der Waals surface area contributed by atoms with Crippen molar-refractivity contribution in [3.63, 3.8) is 0 Å². The molecule has 2 aliphatic heterocycles.